The van der Waals surface area contributed by atoms with Crippen LogP contribution in [0, 0.1) is 0 Å². The van der Waals surface area contributed by atoms with Crippen LogP contribution in [0.5, 0.6) is 0 Å². The summed E-state index contributed by atoms with van der Waals surface area (Å²) in [5.41, 5.74) is -2.74. The van der Waals surface area contributed by atoms with E-state index in [2.05, 4.69) is 27.6 Å². The van der Waals surface area contributed by atoms with Gasteiger partial charge in [-0.05, 0) is 0 Å². The molecule has 0 aromatic heterocycles. The molecule has 0 unspecified atom stereocenters. The van der Waals surface area contributed by atoms with Gasteiger partial charge in [-0.1, -0.05) is 0 Å². The van der Waals surface area contributed by atoms with Crippen molar-refractivity contribution >= 4 is 71.2 Å². The number of aliphatic hydroxyl groups is 1. The van der Waals surface area contributed by atoms with Gasteiger partial charge >= 0.3 is 47.5 Å². The van der Waals surface area contributed by atoms with Crippen molar-refractivity contribution in [2.75, 3.05) is 0 Å². The minimum atomic E-state index is -2.74. The zero-order chi connectivity index (χ0) is 13.4. The Morgan fingerprint density at radius 3 is 1.33 bits per heavy atom. The molecule has 0 bridgehead atoms. The summed E-state index contributed by atoms with van der Waals surface area (Å²) >= 11 is 8.53. The van der Waals surface area contributed by atoms with Crippen molar-refractivity contribution < 1.29 is 64.9 Å². The standard InChI is InChI=1S/C6H8O7.Cl2O.Na.Zr.H/c7-3(8)1-6(13,5(11)12)2-4(9)10;1-3-2;;;/h13H,1-2H2,(H,7,8)(H,9,10)(H,11,12);;;;. The normalized spacial score (nSPS) is 8.83. The summed E-state index contributed by atoms with van der Waals surface area (Å²) in [6, 6.07) is 0. The van der Waals surface area contributed by atoms with Gasteiger partial charge in [-0.2, -0.15) is 3.84 Å². The van der Waals surface area contributed by atoms with E-state index in [0.29, 0.717) is 0 Å². The SMILES string of the molecule is ClOCl.O=C(O)CC(O)(CC(=O)O)C(=O)O.[NaH].[Zr]. The van der Waals surface area contributed by atoms with Gasteiger partial charge in [0.1, 0.15) is 0 Å². The van der Waals surface area contributed by atoms with Gasteiger partial charge in [0.05, 0.1) is 36.6 Å². The molecule has 0 aromatic carbocycles. The molecule has 0 saturated carbocycles. The van der Waals surface area contributed by atoms with Gasteiger partial charge in [-0.25, -0.2) is 4.79 Å². The molecule has 0 fully saturated rings. The van der Waals surface area contributed by atoms with Gasteiger partial charge in [-0.3, -0.25) is 9.59 Å². The van der Waals surface area contributed by atoms with Crippen LogP contribution in [0.15, 0.2) is 0 Å². The molecule has 4 N–H and O–H groups in total. The van der Waals surface area contributed by atoms with Crippen LogP contribution in [0.25, 0.3) is 0 Å². The van der Waals surface area contributed by atoms with Crippen molar-refractivity contribution in [1.82, 2.24) is 0 Å². The Hall–Kier alpha value is 0.793. The Balaban J connectivity index is -0.000000177. The summed E-state index contributed by atoms with van der Waals surface area (Å²) in [5.74, 6) is -5.02. The second kappa shape index (κ2) is 14.2. The Bertz CT molecular complexity index is 260. The van der Waals surface area contributed by atoms with E-state index in [9.17, 15) is 14.4 Å². The van der Waals surface area contributed by atoms with E-state index in [1.807, 2.05) is 0 Å². The fourth-order valence-corrected chi connectivity index (χ4v) is 0.714. The van der Waals surface area contributed by atoms with Crippen LogP contribution in [0.1, 0.15) is 12.8 Å². The predicted octanol–water partition coefficient (Wildman–Crippen LogP) is -0.589. The van der Waals surface area contributed by atoms with E-state index >= 15 is 0 Å². The first kappa shape index (κ1) is 27.2. The number of carboxylic acid groups (broad SMARTS) is 3. The predicted molar refractivity (Wildman–Crippen MR) is 57.0 cm³/mol. The van der Waals surface area contributed by atoms with Gasteiger partial charge in [0.25, 0.3) is 0 Å². The third-order valence-corrected chi connectivity index (χ3v) is 1.29. The monoisotopic (exact) mass is 392 g/mol. The maximum absolute atomic E-state index is 10.3. The Morgan fingerprint density at radius 2 is 1.22 bits per heavy atom. The summed E-state index contributed by atoms with van der Waals surface area (Å²) in [6.07, 6.45) is -2.29. The fourth-order valence-electron chi connectivity index (χ4n) is 0.714. The molecule has 0 rings (SSSR count). The fraction of sp³-hybridized carbons (Fsp3) is 0.500. The Morgan fingerprint density at radius 1 is 1.00 bits per heavy atom. The molecule has 0 radical (unpaired) electrons. The van der Waals surface area contributed by atoms with Crippen molar-refractivity contribution in [3.05, 3.63) is 0 Å². The summed E-state index contributed by atoms with van der Waals surface area (Å²) in [5, 5.41) is 33.8. The van der Waals surface area contributed by atoms with Crippen molar-refractivity contribution in [3.63, 3.8) is 0 Å². The van der Waals surface area contributed by atoms with E-state index in [1.54, 1.807) is 0 Å². The van der Waals surface area contributed by atoms with Crippen molar-refractivity contribution in [2.45, 2.75) is 18.4 Å². The average Bonchev–Trinajstić information content (AvgIpc) is 2.01. The van der Waals surface area contributed by atoms with Gasteiger partial charge in [0.2, 0.25) is 0 Å². The number of carboxylic acids is 3. The topological polar surface area (TPSA) is 141 Å². The van der Waals surface area contributed by atoms with E-state index in [0.717, 1.165) is 0 Å². The van der Waals surface area contributed by atoms with E-state index in [4.69, 9.17) is 20.4 Å². The molecule has 0 spiro atoms. The number of hydrogen-bond acceptors (Lipinski definition) is 5. The van der Waals surface area contributed by atoms with Gasteiger partial charge in [0, 0.05) is 26.2 Å². The summed E-state index contributed by atoms with van der Waals surface area (Å²) in [7, 11) is 0. The van der Waals surface area contributed by atoms with E-state index in [1.165, 1.54) is 0 Å². The third-order valence-electron chi connectivity index (χ3n) is 1.29. The molecule has 12 heteroatoms. The summed E-state index contributed by atoms with van der Waals surface area (Å²) in [6.45, 7) is 0. The van der Waals surface area contributed by atoms with Crippen molar-refractivity contribution in [1.29, 1.82) is 0 Å². The van der Waals surface area contributed by atoms with Crippen LogP contribution < -0.4 is 0 Å². The number of rotatable bonds is 5. The molecular formula is C6H9Cl2NaO8Zr. The van der Waals surface area contributed by atoms with Gasteiger partial charge < -0.3 is 20.4 Å². The largest absolute Gasteiger partial charge is 0 e. The van der Waals surface area contributed by atoms with Crippen LogP contribution in [0.3, 0.4) is 0 Å². The Kier molecular flexibility index (Phi) is 21.5. The van der Waals surface area contributed by atoms with E-state index < -0.39 is 36.4 Å². The van der Waals surface area contributed by atoms with Crippen LogP contribution in [0.2, 0.25) is 0 Å². The van der Waals surface area contributed by atoms with E-state index in [-0.39, 0.29) is 55.8 Å². The molecular weight excluding hydrogens is 385 g/mol. The first-order chi connectivity index (χ1) is 7.19. The number of carbonyl (C=O) groups is 3. The van der Waals surface area contributed by atoms with Crippen molar-refractivity contribution in [2.24, 2.45) is 0 Å². The molecule has 0 saturated heterocycles. The molecule has 0 heterocycles. The number of aliphatic carboxylic acids is 3. The first-order valence-corrected chi connectivity index (χ1v) is 4.10. The second-order valence-electron chi connectivity index (χ2n) is 2.54. The molecule has 0 amide bonds. The molecule has 0 atom stereocenters. The molecule has 100 valence electrons. The van der Waals surface area contributed by atoms with Crippen LogP contribution in [0.4, 0.5) is 0 Å². The molecule has 0 aromatic rings. The van der Waals surface area contributed by atoms with Crippen LogP contribution in [-0.2, 0) is 44.4 Å². The molecule has 8 nitrogen and oxygen atoms in total. The molecule has 18 heavy (non-hydrogen) atoms. The third kappa shape index (κ3) is 14.9. The minimum Gasteiger partial charge on any atom is 0 e. The van der Waals surface area contributed by atoms with Gasteiger partial charge in [0.15, 0.2) is 5.60 Å². The number of hydrogen-bond donors (Lipinski definition) is 4. The molecule has 0 aliphatic rings. The average molecular weight is 394 g/mol. The summed E-state index contributed by atoms with van der Waals surface area (Å²) < 4.78 is 3.19. The maximum atomic E-state index is 10.3. The zero-order valence-corrected chi connectivity index (χ0v) is 12.1. The Labute approximate surface area is 153 Å². The molecule has 0 aliphatic carbocycles. The van der Waals surface area contributed by atoms with Crippen LogP contribution >= 0.6 is 23.7 Å². The zero-order valence-electron chi connectivity index (χ0n) is 8.09. The van der Waals surface area contributed by atoms with Gasteiger partial charge in [-0.15, -0.1) is 0 Å². The smallest absolute Gasteiger partial charge is 0 e. The maximum Gasteiger partial charge on any atom is 0 e. The second-order valence-corrected chi connectivity index (χ2v) is 3.00. The quantitative estimate of drug-likeness (QED) is 0.454. The molecule has 0 aliphatic heterocycles. The number of halogens is 2. The van der Waals surface area contributed by atoms with Crippen LogP contribution in [-0.4, -0.2) is 73.5 Å². The minimum absolute atomic E-state index is 0. The first-order valence-electron chi connectivity index (χ1n) is 3.48. The van der Waals surface area contributed by atoms with Crippen molar-refractivity contribution in [3.8, 4) is 0 Å². The summed E-state index contributed by atoms with van der Waals surface area (Å²) in [4.78, 5) is 30.5.